The highest BCUT2D eigenvalue weighted by Gasteiger charge is 2.27. The van der Waals surface area contributed by atoms with Crippen molar-refractivity contribution in [1.82, 2.24) is 10.2 Å². The number of amides is 2. The number of rotatable bonds is 9. The molecule has 0 aliphatic carbocycles. The first-order valence-corrected chi connectivity index (χ1v) is 10.5. The fourth-order valence-electron chi connectivity index (χ4n) is 3.73. The molecule has 5 heteroatoms. The van der Waals surface area contributed by atoms with Crippen LogP contribution in [0.15, 0.2) is 54.6 Å². The van der Waals surface area contributed by atoms with E-state index in [-0.39, 0.29) is 11.8 Å². The lowest BCUT2D eigenvalue weighted by Gasteiger charge is -2.24. The number of aryl methyl sites for hydroxylation is 1. The molecule has 0 radical (unpaired) electrons. The second-order valence-corrected chi connectivity index (χ2v) is 7.38. The number of para-hydroxylation sites is 1. The van der Waals surface area contributed by atoms with Crippen LogP contribution in [0.2, 0.25) is 0 Å². The van der Waals surface area contributed by atoms with Gasteiger partial charge in [-0.1, -0.05) is 48.5 Å². The topological polar surface area (TPSA) is 58.6 Å². The minimum Gasteiger partial charge on any atom is -0.494 e. The monoisotopic (exact) mass is 394 g/mol. The minimum absolute atomic E-state index is 0.0226. The molecule has 154 valence electrons. The summed E-state index contributed by atoms with van der Waals surface area (Å²) in [7, 11) is 0. The van der Waals surface area contributed by atoms with Crippen molar-refractivity contribution in [3.63, 3.8) is 0 Å². The largest absolute Gasteiger partial charge is 0.494 e. The van der Waals surface area contributed by atoms with E-state index in [0.29, 0.717) is 25.9 Å². The van der Waals surface area contributed by atoms with Gasteiger partial charge in [0.05, 0.1) is 6.61 Å². The van der Waals surface area contributed by atoms with Crippen molar-refractivity contribution in [3.05, 3.63) is 65.7 Å². The molecule has 0 aromatic heterocycles. The number of benzene rings is 2. The number of hydrogen-bond acceptors (Lipinski definition) is 3. The van der Waals surface area contributed by atoms with Crippen molar-refractivity contribution < 1.29 is 14.3 Å². The molecule has 2 amide bonds. The second kappa shape index (κ2) is 10.6. The van der Waals surface area contributed by atoms with E-state index in [1.807, 2.05) is 66.4 Å². The van der Waals surface area contributed by atoms with E-state index in [4.69, 9.17) is 4.74 Å². The highest BCUT2D eigenvalue weighted by atomic mass is 16.5. The number of carbonyl (C=O) groups excluding carboxylic acids is 2. The van der Waals surface area contributed by atoms with Crippen molar-refractivity contribution in [2.45, 2.75) is 45.1 Å². The molecule has 1 unspecified atom stereocenters. The van der Waals surface area contributed by atoms with Gasteiger partial charge in [0.25, 0.3) is 0 Å². The molecule has 0 saturated carbocycles. The maximum absolute atomic E-state index is 13.0. The summed E-state index contributed by atoms with van der Waals surface area (Å²) in [5.41, 5.74) is 2.06. The first-order valence-electron chi connectivity index (χ1n) is 10.5. The van der Waals surface area contributed by atoms with Crippen LogP contribution >= 0.6 is 0 Å². The maximum atomic E-state index is 13.0. The Bertz CT molecular complexity index is 801. The van der Waals surface area contributed by atoms with Crippen molar-refractivity contribution in [2.75, 3.05) is 19.7 Å². The summed E-state index contributed by atoms with van der Waals surface area (Å²) in [6.45, 7) is 4.10. The molecule has 29 heavy (non-hydrogen) atoms. The Morgan fingerprint density at radius 1 is 1.03 bits per heavy atom. The number of carbonyl (C=O) groups is 2. The van der Waals surface area contributed by atoms with Gasteiger partial charge in [-0.05, 0) is 43.4 Å². The van der Waals surface area contributed by atoms with E-state index in [9.17, 15) is 9.59 Å². The van der Waals surface area contributed by atoms with Gasteiger partial charge in [0.15, 0.2) is 0 Å². The normalized spacial score (nSPS) is 14.4. The Hall–Kier alpha value is -2.82. The molecule has 1 atom stereocenters. The van der Waals surface area contributed by atoms with Crippen LogP contribution in [0, 0.1) is 0 Å². The summed E-state index contributed by atoms with van der Waals surface area (Å²) in [4.78, 5) is 27.5. The number of nitrogens with zero attached hydrogens (tertiary/aromatic N) is 1. The smallest absolute Gasteiger partial charge is 0.245 e. The summed E-state index contributed by atoms with van der Waals surface area (Å²) < 4.78 is 5.64. The van der Waals surface area contributed by atoms with Gasteiger partial charge in [-0.3, -0.25) is 9.59 Å². The Labute approximate surface area is 173 Å². The third-order valence-corrected chi connectivity index (χ3v) is 5.23. The minimum atomic E-state index is -0.523. The van der Waals surface area contributed by atoms with Gasteiger partial charge < -0.3 is 15.0 Å². The molecule has 2 aromatic rings. The van der Waals surface area contributed by atoms with Crippen LogP contribution < -0.4 is 10.1 Å². The van der Waals surface area contributed by atoms with Crippen molar-refractivity contribution in [2.24, 2.45) is 0 Å². The standard InChI is InChI=1S/C24H30N2O3/c1-2-29-22-13-7-6-12-20(22)14-15-23(27)25-21(18-19-10-4-3-5-11-19)24(28)26-16-8-9-17-26/h3-7,10-13,21H,2,8-9,14-18H2,1H3,(H,25,27). The van der Waals surface area contributed by atoms with E-state index in [0.717, 1.165) is 42.8 Å². The number of ether oxygens (including phenoxy) is 1. The Morgan fingerprint density at radius 3 is 2.45 bits per heavy atom. The third-order valence-electron chi connectivity index (χ3n) is 5.23. The molecule has 0 spiro atoms. The molecule has 3 rings (SSSR count). The summed E-state index contributed by atoms with van der Waals surface area (Å²) in [5, 5.41) is 2.99. The lowest BCUT2D eigenvalue weighted by Crippen LogP contribution is -2.49. The predicted octanol–water partition coefficient (Wildman–Crippen LogP) is 3.37. The number of hydrogen-bond donors (Lipinski definition) is 1. The van der Waals surface area contributed by atoms with Crippen LogP contribution in [0.25, 0.3) is 0 Å². The highest BCUT2D eigenvalue weighted by Crippen LogP contribution is 2.19. The quantitative estimate of drug-likeness (QED) is 0.709. The number of likely N-dealkylation sites (tertiary alicyclic amines) is 1. The first-order chi connectivity index (χ1) is 14.2. The Kier molecular flexibility index (Phi) is 7.68. The van der Waals surface area contributed by atoms with Gasteiger partial charge in [-0.2, -0.15) is 0 Å². The third kappa shape index (κ3) is 6.08. The van der Waals surface area contributed by atoms with E-state index < -0.39 is 6.04 Å². The fourth-order valence-corrected chi connectivity index (χ4v) is 3.73. The van der Waals surface area contributed by atoms with Crippen LogP contribution in [0.3, 0.4) is 0 Å². The molecule has 1 aliphatic heterocycles. The zero-order chi connectivity index (χ0) is 20.5. The molecular formula is C24H30N2O3. The van der Waals surface area contributed by atoms with Gasteiger partial charge in [-0.25, -0.2) is 0 Å². The molecule has 5 nitrogen and oxygen atoms in total. The van der Waals surface area contributed by atoms with Crippen LogP contribution in [0.5, 0.6) is 5.75 Å². The first kappa shape index (κ1) is 20.9. The lowest BCUT2D eigenvalue weighted by atomic mass is 10.0. The molecule has 1 aliphatic rings. The average Bonchev–Trinajstić information content (AvgIpc) is 3.28. The highest BCUT2D eigenvalue weighted by molar-refractivity contribution is 5.88. The molecule has 0 bridgehead atoms. The molecule has 1 saturated heterocycles. The summed E-state index contributed by atoms with van der Waals surface area (Å²) in [6.07, 6.45) is 3.48. The fraction of sp³-hybridized carbons (Fsp3) is 0.417. The van der Waals surface area contributed by atoms with Gasteiger partial charge in [0, 0.05) is 25.9 Å². The SMILES string of the molecule is CCOc1ccccc1CCC(=O)NC(Cc1ccccc1)C(=O)N1CCCC1. The average molecular weight is 395 g/mol. The Balaban J connectivity index is 1.63. The molecular weight excluding hydrogens is 364 g/mol. The lowest BCUT2D eigenvalue weighted by molar-refractivity contribution is -0.135. The Morgan fingerprint density at radius 2 is 1.72 bits per heavy atom. The van der Waals surface area contributed by atoms with E-state index in [1.165, 1.54) is 0 Å². The maximum Gasteiger partial charge on any atom is 0.245 e. The zero-order valence-electron chi connectivity index (χ0n) is 17.1. The van der Waals surface area contributed by atoms with E-state index >= 15 is 0 Å². The van der Waals surface area contributed by atoms with Crippen LogP contribution in [-0.4, -0.2) is 42.5 Å². The zero-order valence-corrected chi connectivity index (χ0v) is 17.1. The summed E-state index contributed by atoms with van der Waals surface area (Å²) in [6, 6.07) is 17.1. The van der Waals surface area contributed by atoms with Crippen molar-refractivity contribution in [1.29, 1.82) is 0 Å². The van der Waals surface area contributed by atoms with E-state index in [2.05, 4.69) is 5.32 Å². The van der Waals surface area contributed by atoms with Crippen LogP contribution in [0.1, 0.15) is 37.3 Å². The second-order valence-electron chi connectivity index (χ2n) is 7.38. The number of nitrogens with one attached hydrogen (secondary N) is 1. The summed E-state index contributed by atoms with van der Waals surface area (Å²) >= 11 is 0. The summed E-state index contributed by atoms with van der Waals surface area (Å²) in [5.74, 6) is 0.732. The van der Waals surface area contributed by atoms with E-state index in [1.54, 1.807) is 0 Å². The van der Waals surface area contributed by atoms with Crippen molar-refractivity contribution in [3.8, 4) is 5.75 Å². The van der Waals surface area contributed by atoms with Gasteiger partial charge in [0.1, 0.15) is 11.8 Å². The molecule has 1 N–H and O–H groups in total. The van der Waals surface area contributed by atoms with Gasteiger partial charge in [0.2, 0.25) is 11.8 Å². The predicted molar refractivity (Wildman–Crippen MR) is 114 cm³/mol. The van der Waals surface area contributed by atoms with Crippen LogP contribution in [-0.2, 0) is 22.4 Å². The van der Waals surface area contributed by atoms with Crippen molar-refractivity contribution >= 4 is 11.8 Å². The van der Waals surface area contributed by atoms with Gasteiger partial charge in [-0.15, -0.1) is 0 Å². The van der Waals surface area contributed by atoms with Crippen LogP contribution in [0.4, 0.5) is 0 Å². The van der Waals surface area contributed by atoms with Gasteiger partial charge >= 0.3 is 0 Å². The molecule has 2 aromatic carbocycles. The molecule has 1 fully saturated rings. The molecule has 1 heterocycles.